The number of furan rings is 1. The SMILES string of the molecule is c1ccc(-c2ccc3ccc4c(-c5ccc6c(c5)oc5c6ccc6c7ccccc7c7ccccc7c65)ccc5ccc2c3c54)cc1. The number of benzene rings is 10. The van der Waals surface area contributed by atoms with Crippen molar-refractivity contribution in [1.29, 1.82) is 0 Å². The Bertz CT molecular complexity index is 3020. The van der Waals surface area contributed by atoms with Crippen LogP contribution in [-0.4, -0.2) is 0 Å². The average Bonchev–Trinajstić information content (AvgIpc) is 3.52. The lowest BCUT2D eigenvalue weighted by Crippen LogP contribution is -1.89. The molecule has 1 aromatic heterocycles. The van der Waals surface area contributed by atoms with Crippen LogP contribution in [0.15, 0.2) is 162 Å². The van der Waals surface area contributed by atoms with Crippen molar-refractivity contribution in [3.8, 4) is 22.3 Å². The van der Waals surface area contributed by atoms with Gasteiger partial charge in [0, 0.05) is 16.2 Å². The Balaban J connectivity index is 1.17. The molecule has 0 aliphatic rings. The van der Waals surface area contributed by atoms with Gasteiger partial charge >= 0.3 is 0 Å². The summed E-state index contributed by atoms with van der Waals surface area (Å²) in [5.74, 6) is 0. The molecular formula is C46H26O. The maximum Gasteiger partial charge on any atom is 0.143 e. The van der Waals surface area contributed by atoms with Crippen LogP contribution in [-0.2, 0) is 0 Å². The fourth-order valence-electron chi connectivity index (χ4n) is 8.31. The van der Waals surface area contributed by atoms with Crippen LogP contribution in [0.3, 0.4) is 0 Å². The van der Waals surface area contributed by atoms with Gasteiger partial charge in [-0.1, -0.05) is 140 Å². The van der Waals surface area contributed by atoms with E-state index in [1.807, 2.05) is 0 Å². The van der Waals surface area contributed by atoms with Crippen molar-refractivity contribution in [2.75, 3.05) is 0 Å². The van der Waals surface area contributed by atoms with E-state index in [1.54, 1.807) is 0 Å². The lowest BCUT2D eigenvalue weighted by molar-refractivity contribution is 0.673. The van der Waals surface area contributed by atoms with E-state index in [9.17, 15) is 0 Å². The first-order valence-corrected chi connectivity index (χ1v) is 16.3. The average molecular weight is 595 g/mol. The van der Waals surface area contributed by atoms with Gasteiger partial charge < -0.3 is 4.42 Å². The van der Waals surface area contributed by atoms with Gasteiger partial charge in [0.25, 0.3) is 0 Å². The molecule has 0 bridgehead atoms. The zero-order valence-corrected chi connectivity index (χ0v) is 25.4. The first kappa shape index (κ1) is 25.1. The molecular weight excluding hydrogens is 569 g/mol. The Morgan fingerprint density at radius 3 is 1.47 bits per heavy atom. The molecule has 0 saturated carbocycles. The molecule has 0 N–H and O–H groups in total. The van der Waals surface area contributed by atoms with E-state index in [-0.39, 0.29) is 0 Å². The fourth-order valence-corrected chi connectivity index (χ4v) is 8.31. The van der Waals surface area contributed by atoms with E-state index in [0.29, 0.717) is 0 Å². The lowest BCUT2D eigenvalue weighted by atomic mass is 9.87. The molecule has 11 aromatic rings. The van der Waals surface area contributed by atoms with Crippen molar-refractivity contribution >= 4 is 86.6 Å². The van der Waals surface area contributed by atoms with Crippen molar-refractivity contribution in [2.24, 2.45) is 0 Å². The van der Waals surface area contributed by atoms with E-state index in [4.69, 9.17) is 4.42 Å². The summed E-state index contributed by atoms with van der Waals surface area (Å²) < 4.78 is 6.87. The van der Waals surface area contributed by atoms with Crippen LogP contribution in [0.5, 0.6) is 0 Å². The summed E-state index contributed by atoms with van der Waals surface area (Å²) in [5.41, 5.74) is 6.78. The topological polar surface area (TPSA) is 13.1 Å². The molecule has 0 fully saturated rings. The molecule has 0 saturated heterocycles. The molecule has 10 aromatic carbocycles. The van der Waals surface area contributed by atoms with Gasteiger partial charge in [0.1, 0.15) is 11.2 Å². The second-order valence-corrected chi connectivity index (χ2v) is 12.8. The van der Waals surface area contributed by atoms with Gasteiger partial charge in [-0.25, -0.2) is 0 Å². The Hall–Kier alpha value is -6.18. The largest absolute Gasteiger partial charge is 0.455 e. The van der Waals surface area contributed by atoms with Crippen molar-refractivity contribution in [3.05, 3.63) is 158 Å². The highest BCUT2D eigenvalue weighted by atomic mass is 16.3. The van der Waals surface area contributed by atoms with E-state index in [0.717, 1.165) is 27.5 Å². The van der Waals surface area contributed by atoms with Gasteiger partial charge in [0.15, 0.2) is 0 Å². The number of rotatable bonds is 2. The molecule has 47 heavy (non-hydrogen) atoms. The highest BCUT2D eigenvalue weighted by Crippen LogP contribution is 2.45. The maximum absolute atomic E-state index is 6.87. The fraction of sp³-hybridized carbons (Fsp3) is 0. The Morgan fingerprint density at radius 1 is 0.298 bits per heavy atom. The number of hydrogen-bond donors (Lipinski definition) is 0. The van der Waals surface area contributed by atoms with Crippen LogP contribution < -0.4 is 0 Å². The molecule has 1 heteroatoms. The third-order valence-electron chi connectivity index (χ3n) is 10.4. The molecule has 1 heterocycles. The summed E-state index contributed by atoms with van der Waals surface area (Å²) in [6.45, 7) is 0. The minimum absolute atomic E-state index is 0.916. The normalized spacial score (nSPS) is 12.3. The van der Waals surface area contributed by atoms with Gasteiger partial charge in [-0.05, 0) is 99.7 Å². The summed E-state index contributed by atoms with van der Waals surface area (Å²) in [7, 11) is 0. The second-order valence-electron chi connectivity index (χ2n) is 12.8. The predicted octanol–water partition coefficient (Wildman–Crippen LogP) is 13.3. The van der Waals surface area contributed by atoms with Crippen molar-refractivity contribution in [2.45, 2.75) is 0 Å². The summed E-state index contributed by atoms with van der Waals surface area (Å²) in [6, 6.07) is 57.7. The molecule has 0 radical (unpaired) electrons. The first-order valence-electron chi connectivity index (χ1n) is 16.3. The van der Waals surface area contributed by atoms with Gasteiger partial charge in [-0.15, -0.1) is 0 Å². The Kier molecular flexibility index (Phi) is 4.90. The highest BCUT2D eigenvalue weighted by molar-refractivity contribution is 6.32. The van der Waals surface area contributed by atoms with Crippen LogP contribution in [0.2, 0.25) is 0 Å². The van der Waals surface area contributed by atoms with Crippen LogP contribution in [0.25, 0.3) is 109 Å². The van der Waals surface area contributed by atoms with Gasteiger partial charge in [-0.2, -0.15) is 0 Å². The first-order chi connectivity index (χ1) is 23.3. The molecule has 0 aliphatic heterocycles. The van der Waals surface area contributed by atoms with E-state index in [1.165, 1.54) is 81.3 Å². The second kappa shape index (κ2) is 9.19. The number of fused-ring (bicyclic) bond motifs is 10. The van der Waals surface area contributed by atoms with Crippen LogP contribution in [0.1, 0.15) is 0 Å². The lowest BCUT2D eigenvalue weighted by Gasteiger charge is -2.16. The third kappa shape index (κ3) is 3.38. The maximum atomic E-state index is 6.87. The zero-order valence-electron chi connectivity index (χ0n) is 25.4. The molecule has 0 spiro atoms. The molecule has 0 aliphatic carbocycles. The smallest absolute Gasteiger partial charge is 0.143 e. The van der Waals surface area contributed by atoms with E-state index >= 15 is 0 Å². The van der Waals surface area contributed by atoms with Gasteiger partial charge in [0.2, 0.25) is 0 Å². The minimum atomic E-state index is 0.916. The molecule has 216 valence electrons. The minimum Gasteiger partial charge on any atom is -0.455 e. The summed E-state index contributed by atoms with van der Waals surface area (Å²) in [5, 5.41) is 17.5. The zero-order chi connectivity index (χ0) is 30.6. The molecule has 1 nitrogen and oxygen atoms in total. The van der Waals surface area contributed by atoms with Crippen molar-refractivity contribution in [3.63, 3.8) is 0 Å². The quantitative estimate of drug-likeness (QED) is 0.182. The predicted molar refractivity (Wildman–Crippen MR) is 201 cm³/mol. The van der Waals surface area contributed by atoms with Gasteiger partial charge in [0.05, 0.1) is 0 Å². The van der Waals surface area contributed by atoms with Crippen LogP contribution >= 0.6 is 0 Å². The van der Waals surface area contributed by atoms with Crippen LogP contribution in [0.4, 0.5) is 0 Å². The van der Waals surface area contributed by atoms with Crippen LogP contribution in [0, 0.1) is 0 Å². The highest BCUT2D eigenvalue weighted by Gasteiger charge is 2.18. The Labute approximate surface area is 270 Å². The molecule has 0 amide bonds. The number of hydrogen-bond acceptors (Lipinski definition) is 1. The van der Waals surface area contributed by atoms with E-state index < -0.39 is 0 Å². The van der Waals surface area contributed by atoms with Crippen molar-refractivity contribution in [1.82, 2.24) is 0 Å². The molecule has 0 atom stereocenters. The summed E-state index contributed by atoms with van der Waals surface area (Å²) >= 11 is 0. The van der Waals surface area contributed by atoms with Gasteiger partial charge in [-0.3, -0.25) is 0 Å². The Morgan fingerprint density at radius 2 is 0.787 bits per heavy atom. The third-order valence-corrected chi connectivity index (χ3v) is 10.4. The standard InChI is InChI=1S/C46H26O/c1-2-8-27(9-3-1)31-19-14-28-17-23-39-32(20-15-29-16-22-38(31)43(28)44(29)39)30-18-21-36-41-25-24-40-35-12-5-4-10-33(35)34-11-6-7-13-37(34)45(40)46(41)47-42(36)26-30/h1-26H. The van der Waals surface area contributed by atoms with Crippen molar-refractivity contribution < 1.29 is 4.42 Å². The summed E-state index contributed by atoms with van der Waals surface area (Å²) in [6.07, 6.45) is 0. The monoisotopic (exact) mass is 594 g/mol. The summed E-state index contributed by atoms with van der Waals surface area (Å²) in [4.78, 5) is 0. The molecule has 11 rings (SSSR count). The van der Waals surface area contributed by atoms with E-state index in [2.05, 4.69) is 158 Å². The molecule has 0 unspecified atom stereocenters.